The highest BCUT2D eigenvalue weighted by Gasteiger charge is 2.15. The Morgan fingerprint density at radius 3 is 2.62 bits per heavy atom. The van der Waals surface area contributed by atoms with Gasteiger partial charge in [0.15, 0.2) is 0 Å². The van der Waals surface area contributed by atoms with Crippen molar-refractivity contribution in [3.05, 3.63) is 26.3 Å². The minimum atomic E-state index is -0.424. The van der Waals surface area contributed by atoms with Gasteiger partial charge in [-0.1, -0.05) is 11.6 Å². The van der Waals surface area contributed by atoms with Crippen LogP contribution in [0, 0.1) is 3.57 Å². The number of rotatable bonds is 7. The highest BCUT2D eigenvalue weighted by molar-refractivity contribution is 14.1. The second-order valence-electron chi connectivity index (χ2n) is 3.99. The van der Waals surface area contributed by atoms with E-state index in [1.165, 1.54) is 13.2 Å². The van der Waals surface area contributed by atoms with Crippen LogP contribution in [0.5, 0.6) is 5.75 Å². The lowest BCUT2D eigenvalue weighted by molar-refractivity contribution is -0.120. The number of amides is 2. The van der Waals surface area contributed by atoms with Crippen molar-refractivity contribution < 1.29 is 19.1 Å². The van der Waals surface area contributed by atoms with Crippen molar-refractivity contribution in [3.63, 3.8) is 0 Å². The molecule has 6 nitrogen and oxygen atoms in total. The van der Waals surface area contributed by atoms with Crippen LogP contribution < -0.4 is 15.4 Å². The quantitative estimate of drug-likeness (QED) is 0.511. The van der Waals surface area contributed by atoms with Crippen LogP contribution in [0.15, 0.2) is 12.1 Å². The van der Waals surface area contributed by atoms with Crippen LogP contribution >= 0.6 is 34.2 Å². The summed E-state index contributed by atoms with van der Waals surface area (Å²) in [7, 11) is 3.01. The van der Waals surface area contributed by atoms with Gasteiger partial charge in [0.25, 0.3) is 5.91 Å². The van der Waals surface area contributed by atoms with Gasteiger partial charge in [-0.2, -0.15) is 0 Å². The van der Waals surface area contributed by atoms with Crippen molar-refractivity contribution in [2.75, 3.05) is 33.9 Å². The summed E-state index contributed by atoms with van der Waals surface area (Å²) in [5, 5.41) is 5.57. The fraction of sp³-hybridized carbons (Fsp3) is 0.385. The van der Waals surface area contributed by atoms with Crippen LogP contribution in [0.4, 0.5) is 0 Å². The van der Waals surface area contributed by atoms with Gasteiger partial charge < -0.3 is 20.1 Å². The predicted molar refractivity (Wildman–Crippen MR) is 87.9 cm³/mol. The van der Waals surface area contributed by atoms with E-state index in [4.69, 9.17) is 21.1 Å². The van der Waals surface area contributed by atoms with Gasteiger partial charge in [0.1, 0.15) is 5.75 Å². The number of carbonyl (C=O) groups is 2. The Morgan fingerprint density at radius 1 is 1.29 bits per heavy atom. The van der Waals surface area contributed by atoms with Gasteiger partial charge in [-0.05, 0) is 34.7 Å². The molecule has 0 aliphatic heterocycles. The topological polar surface area (TPSA) is 76.7 Å². The molecule has 21 heavy (non-hydrogen) atoms. The molecule has 0 saturated carbocycles. The predicted octanol–water partition coefficient (Wildman–Crippen LogP) is 1.45. The van der Waals surface area contributed by atoms with Gasteiger partial charge in [-0.25, -0.2) is 0 Å². The van der Waals surface area contributed by atoms with Crippen LogP contribution in [0.25, 0.3) is 0 Å². The van der Waals surface area contributed by atoms with E-state index in [-0.39, 0.29) is 18.0 Å². The minimum absolute atomic E-state index is 0.130. The monoisotopic (exact) mass is 426 g/mol. The Kier molecular flexibility index (Phi) is 7.76. The second-order valence-corrected chi connectivity index (χ2v) is 5.56. The Labute approximate surface area is 141 Å². The molecule has 0 spiro atoms. The molecule has 0 aromatic heterocycles. The van der Waals surface area contributed by atoms with E-state index < -0.39 is 5.91 Å². The van der Waals surface area contributed by atoms with Gasteiger partial charge >= 0.3 is 0 Å². The molecule has 2 N–H and O–H groups in total. The Balaban J connectivity index is 2.63. The number of carbonyl (C=O) groups excluding carboxylic acids is 2. The zero-order valence-corrected chi connectivity index (χ0v) is 14.6. The Morgan fingerprint density at radius 2 is 2.00 bits per heavy atom. The Bertz CT molecular complexity index is 525. The van der Waals surface area contributed by atoms with Crippen LogP contribution in [0.2, 0.25) is 5.02 Å². The van der Waals surface area contributed by atoms with Crippen LogP contribution in [-0.4, -0.2) is 45.7 Å². The maximum atomic E-state index is 12.1. The molecule has 1 aromatic rings. The molecule has 0 atom stereocenters. The van der Waals surface area contributed by atoms with E-state index in [1.54, 1.807) is 13.2 Å². The summed E-state index contributed by atoms with van der Waals surface area (Å²) in [5.41, 5.74) is 0.285. The molecule has 0 heterocycles. The molecule has 8 heteroatoms. The van der Waals surface area contributed by atoms with Gasteiger partial charge in [0, 0.05) is 17.2 Å². The van der Waals surface area contributed by atoms with E-state index in [9.17, 15) is 9.59 Å². The first-order valence-corrected chi connectivity index (χ1v) is 7.52. The summed E-state index contributed by atoms with van der Waals surface area (Å²) < 4.78 is 10.7. The third-order valence-electron chi connectivity index (χ3n) is 2.52. The number of hydrogen-bond donors (Lipinski definition) is 2. The van der Waals surface area contributed by atoms with E-state index in [1.807, 2.05) is 22.6 Å². The average Bonchev–Trinajstić information content (AvgIpc) is 2.47. The number of nitrogens with one attached hydrogen (secondary N) is 2. The number of ether oxygens (including phenoxy) is 2. The molecule has 0 saturated heterocycles. The summed E-state index contributed by atoms with van der Waals surface area (Å²) in [6, 6.07) is 3.18. The lowest BCUT2D eigenvalue weighted by Gasteiger charge is -2.11. The number of benzene rings is 1. The zero-order chi connectivity index (χ0) is 15.8. The fourth-order valence-corrected chi connectivity index (χ4v) is 2.09. The van der Waals surface area contributed by atoms with Gasteiger partial charge in [-0.3, -0.25) is 9.59 Å². The molecule has 0 fully saturated rings. The molecule has 0 radical (unpaired) electrons. The molecule has 1 rings (SSSR count). The van der Waals surface area contributed by atoms with Crippen LogP contribution in [-0.2, 0) is 9.53 Å². The highest BCUT2D eigenvalue weighted by Crippen LogP contribution is 2.28. The van der Waals surface area contributed by atoms with Crippen LogP contribution in [0.1, 0.15) is 10.4 Å². The molecular weight excluding hydrogens is 411 g/mol. The second kappa shape index (κ2) is 9.06. The molecule has 0 unspecified atom stereocenters. The number of hydrogen-bond acceptors (Lipinski definition) is 4. The summed E-state index contributed by atoms with van der Waals surface area (Å²) in [6.07, 6.45) is 0. The SMILES string of the molecule is COCCNC(=O)CNC(=O)c1cc(Cl)c(I)cc1OC. The summed E-state index contributed by atoms with van der Waals surface area (Å²) in [6.45, 7) is 0.680. The van der Waals surface area contributed by atoms with Crippen molar-refractivity contribution >= 4 is 46.0 Å². The molecule has 116 valence electrons. The van der Waals surface area contributed by atoms with E-state index in [0.29, 0.717) is 23.9 Å². The first kappa shape index (κ1) is 18.0. The van der Waals surface area contributed by atoms with Crippen molar-refractivity contribution in [3.8, 4) is 5.75 Å². The first-order chi connectivity index (χ1) is 9.99. The Hall–Kier alpha value is -1.06. The summed E-state index contributed by atoms with van der Waals surface area (Å²) in [5.74, 6) is -0.316. The van der Waals surface area contributed by atoms with Crippen molar-refractivity contribution in [1.29, 1.82) is 0 Å². The van der Waals surface area contributed by atoms with Crippen molar-refractivity contribution in [1.82, 2.24) is 10.6 Å². The van der Waals surface area contributed by atoms with E-state index >= 15 is 0 Å². The largest absolute Gasteiger partial charge is 0.496 e. The average molecular weight is 427 g/mol. The molecular formula is C13H16ClIN2O4. The van der Waals surface area contributed by atoms with E-state index in [0.717, 1.165) is 3.57 Å². The lowest BCUT2D eigenvalue weighted by atomic mass is 10.2. The van der Waals surface area contributed by atoms with Crippen LogP contribution in [0.3, 0.4) is 0 Å². The summed E-state index contributed by atoms with van der Waals surface area (Å²) >= 11 is 8.04. The standard InChI is InChI=1S/C13H16ClIN2O4/c1-20-4-3-16-12(18)7-17-13(19)8-5-9(14)10(15)6-11(8)21-2/h5-6H,3-4,7H2,1-2H3,(H,16,18)(H,17,19). The molecule has 0 bridgehead atoms. The third kappa shape index (κ3) is 5.68. The van der Waals surface area contributed by atoms with Crippen molar-refractivity contribution in [2.24, 2.45) is 0 Å². The summed E-state index contributed by atoms with van der Waals surface area (Å²) in [4.78, 5) is 23.6. The fourth-order valence-electron chi connectivity index (χ4n) is 1.49. The first-order valence-electron chi connectivity index (χ1n) is 6.06. The van der Waals surface area contributed by atoms with Crippen molar-refractivity contribution in [2.45, 2.75) is 0 Å². The van der Waals surface area contributed by atoms with Gasteiger partial charge in [0.05, 0.1) is 30.8 Å². The van der Waals surface area contributed by atoms with Gasteiger partial charge in [-0.15, -0.1) is 0 Å². The van der Waals surface area contributed by atoms with Gasteiger partial charge in [0.2, 0.25) is 5.91 Å². The maximum Gasteiger partial charge on any atom is 0.255 e. The highest BCUT2D eigenvalue weighted by atomic mass is 127. The zero-order valence-electron chi connectivity index (χ0n) is 11.7. The smallest absolute Gasteiger partial charge is 0.255 e. The minimum Gasteiger partial charge on any atom is -0.496 e. The molecule has 0 aliphatic rings. The number of halogens is 2. The molecule has 1 aromatic carbocycles. The normalized spacial score (nSPS) is 10.1. The number of methoxy groups -OCH3 is 2. The third-order valence-corrected chi connectivity index (χ3v) is 4.05. The molecule has 2 amide bonds. The van der Waals surface area contributed by atoms with E-state index in [2.05, 4.69) is 10.6 Å². The molecule has 0 aliphatic carbocycles. The lowest BCUT2D eigenvalue weighted by Crippen LogP contribution is -2.38. The maximum absolute atomic E-state index is 12.1.